The van der Waals surface area contributed by atoms with E-state index in [4.69, 9.17) is 4.74 Å². The van der Waals surface area contributed by atoms with Crippen LogP contribution >= 0.6 is 0 Å². The summed E-state index contributed by atoms with van der Waals surface area (Å²) in [5.41, 5.74) is 3.85. The Balaban J connectivity index is 0.00000240. The van der Waals surface area contributed by atoms with Crippen LogP contribution < -0.4 is 42.0 Å². The van der Waals surface area contributed by atoms with Gasteiger partial charge in [0.2, 0.25) is 0 Å². The minimum absolute atomic E-state index is 0. The zero-order chi connectivity index (χ0) is 19.5. The molecule has 0 fully saturated rings. The normalized spacial score (nSPS) is 9.28. The van der Waals surface area contributed by atoms with E-state index in [2.05, 4.69) is 9.97 Å². The van der Waals surface area contributed by atoms with Crippen molar-refractivity contribution in [2.75, 3.05) is 7.11 Å². The van der Waals surface area contributed by atoms with Gasteiger partial charge in [-0.25, -0.2) is 9.97 Å². The van der Waals surface area contributed by atoms with Crippen LogP contribution in [0.25, 0.3) is 33.9 Å². The molecule has 0 bridgehead atoms. The van der Waals surface area contributed by atoms with Gasteiger partial charge in [-0.05, 0) is 48.5 Å². The van der Waals surface area contributed by atoms with Gasteiger partial charge in [0.05, 0.1) is 29.9 Å². The Kier molecular flexibility index (Phi) is 12.1. The predicted octanol–water partition coefficient (Wildman–Crippen LogP) is -4.09. The van der Waals surface area contributed by atoms with Crippen molar-refractivity contribution in [1.29, 1.82) is 0 Å². The molecule has 32 heavy (non-hydrogen) atoms. The summed E-state index contributed by atoms with van der Waals surface area (Å²) in [6.07, 6.45) is 0. The van der Waals surface area contributed by atoms with E-state index in [0.717, 1.165) is 0 Å². The van der Waals surface area contributed by atoms with Crippen molar-refractivity contribution in [1.82, 2.24) is 9.97 Å². The number of hydrogen-bond acceptors (Lipinski definition) is 5. The van der Waals surface area contributed by atoms with E-state index < -0.39 is 0 Å². The Morgan fingerprint density at radius 2 is 1.06 bits per heavy atom. The molecular weight excluding hydrogens is 514 g/mol. The van der Waals surface area contributed by atoms with Crippen LogP contribution in [0.1, 0.15) is 0 Å². The fraction of sp³-hybridized carbons (Fsp3) is 0.0435. The number of halogens is 3. The number of phenols is 2. The molecule has 0 amide bonds. The first-order valence-electron chi connectivity index (χ1n) is 8.76. The number of aromatic nitrogens is 2. The summed E-state index contributed by atoms with van der Waals surface area (Å²) in [7, 11) is 1.51. The predicted molar refractivity (Wildman–Crippen MR) is 108 cm³/mol. The van der Waals surface area contributed by atoms with Crippen LogP contribution in [-0.2, 0) is 17.1 Å². The van der Waals surface area contributed by atoms with Gasteiger partial charge in [0.25, 0.3) is 0 Å². The van der Waals surface area contributed by atoms with Crippen LogP contribution in [0.4, 0.5) is 0 Å². The van der Waals surface area contributed by atoms with Crippen molar-refractivity contribution in [3.63, 3.8) is 0 Å². The molecule has 0 aliphatic carbocycles. The first-order valence-corrected chi connectivity index (χ1v) is 8.76. The fourth-order valence-electron chi connectivity index (χ4n) is 3.04. The molecule has 0 saturated carbocycles. The summed E-state index contributed by atoms with van der Waals surface area (Å²) in [6, 6.07) is 23.5. The molecule has 4 rings (SSSR count). The monoisotopic (exact) mass is 530 g/mol. The van der Waals surface area contributed by atoms with Gasteiger partial charge in [0.15, 0.2) is 11.5 Å². The molecule has 2 aromatic carbocycles. The second-order valence-corrected chi connectivity index (χ2v) is 6.19. The quantitative estimate of drug-likeness (QED) is 0.262. The third kappa shape index (κ3) is 6.06. The first kappa shape index (κ1) is 29.5. The van der Waals surface area contributed by atoms with Crippen molar-refractivity contribution in [2.45, 2.75) is 0 Å². The molecule has 0 atom stereocenters. The number of benzene rings is 2. The van der Waals surface area contributed by atoms with E-state index >= 15 is 0 Å². The maximum Gasteiger partial charge on any atom is 3.00 e. The number of pyridine rings is 2. The topological polar surface area (TPSA) is 75.5 Å². The number of hydrogen-bond donors (Lipinski definition) is 2. The Labute approximate surface area is 215 Å². The van der Waals surface area contributed by atoms with Crippen molar-refractivity contribution in [3.05, 3.63) is 78.9 Å². The van der Waals surface area contributed by atoms with E-state index in [9.17, 15) is 10.2 Å². The molecule has 0 aliphatic rings. The van der Waals surface area contributed by atoms with Crippen LogP contribution in [0.15, 0.2) is 78.9 Å². The van der Waals surface area contributed by atoms with Crippen LogP contribution in [0.5, 0.6) is 17.2 Å². The molecule has 2 aromatic heterocycles. The number of nitrogens with zero attached hydrogens (tertiary/aromatic N) is 2. The largest absolute Gasteiger partial charge is 3.00 e. The summed E-state index contributed by atoms with van der Waals surface area (Å²) in [5.74, 6) is 0.616. The first-order chi connectivity index (χ1) is 13.7. The smallest absolute Gasteiger partial charge is 1.00 e. The number of rotatable bonds is 4. The van der Waals surface area contributed by atoms with Gasteiger partial charge in [0.1, 0.15) is 5.75 Å². The third-order valence-corrected chi connectivity index (χ3v) is 4.44. The van der Waals surface area contributed by atoms with Crippen molar-refractivity contribution >= 4 is 0 Å². The summed E-state index contributed by atoms with van der Waals surface area (Å²) >= 11 is 0. The molecule has 166 valence electrons. The van der Waals surface area contributed by atoms with Crippen LogP contribution in [0.2, 0.25) is 0 Å². The average Bonchev–Trinajstić information content (AvgIpc) is 2.74. The van der Waals surface area contributed by atoms with E-state index in [0.29, 0.717) is 39.7 Å². The van der Waals surface area contributed by atoms with Gasteiger partial charge in [-0.15, -0.1) is 0 Å². The molecular formula is C23H18Cl3MnN2O3. The minimum atomic E-state index is 0. The summed E-state index contributed by atoms with van der Waals surface area (Å²) in [4.78, 5) is 9.32. The maximum atomic E-state index is 10.4. The molecule has 0 radical (unpaired) electrons. The standard InChI is InChI=1S/C23H18N2O3.3ClH.Mn/c1-28-22-14-4-8-16(23(22)27)18-10-6-12-20(25-18)19-11-5-9-17(24-19)15-7-2-3-13-21(15)26;;;;/h2-14,26-27H,1H3;3*1H;/q;;;;+3/p-3. The maximum absolute atomic E-state index is 10.4. The zero-order valence-electron chi connectivity index (χ0n) is 16.7. The minimum Gasteiger partial charge on any atom is -1.00 e. The van der Waals surface area contributed by atoms with Gasteiger partial charge in [-0.3, -0.25) is 0 Å². The zero-order valence-corrected chi connectivity index (χ0v) is 20.2. The second-order valence-electron chi connectivity index (χ2n) is 6.19. The van der Waals surface area contributed by atoms with Gasteiger partial charge >= 0.3 is 17.1 Å². The Hall–Kier alpha value is -2.47. The molecule has 5 nitrogen and oxygen atoms in total. The Bertz CT molecular complexity index is 1160. The second kappa shape index (κ2) is 13.2. The van der Waals surface area contributed by atoms with Crippen LogP contribution in [-0.4, -0.2) is 27.3 Å². The van der Waals surface area contributed by atoms with E-state index in [1.54, 1.807) is 30.3 Å². The van der Waals surface area contributed by atoms with Gasteiger partial charge in [-0.1, -0.05) is 30.3 Å². The van der Waals surface area contributed by atoms with Crippen molar-refractivity contribution < 1.29 is 69.2 Å². The summed E-state index contributed by atoms with van der Waals surface area (Å²) in [6.45, 7) is 0. The Morgan fingerprint density at radius 3 is 1.62 bits per heavy atom. The molecule has 4 aromatic rings. The van der Waals surface area contributed by atoms with Gasteiger partial charge in [0, 0.05) is 11.1 Å². The average molecular weight is 532 g/mol. The SMILES string of the molecule is COc1cccc(-c2cccc(-c3cccc(-c4ccccc4O)n3)n2)c1O.[Cl-].[Cl-].[Cl-].[Mn+3]. The van der Waals surface area contributed by atoms with E-state index in [-0.39, 0.29) is 65.8 Å². The number of para-hydroxylation sites is 2. The van der Waals surface area contributed by atoms with Gasteiger partial charge in [-0.2, -0.15) is 0 Å². The molecule has 0 unspecified atom stereocenters. The van der Waals surface area contributed by atoms with Crippen molar-refractivity contribution in [3.8, 4) is 51.2 Å². The Morgan fingerprint density at radius 1 is 0.594 bits per heavy atom. The summed E-state index contributed by atoms with van der Waals surface area (Å²) < 4.78 is 5.18. The number of aromatic hydroxyl groups is 2. The number of methoxy groups -OCH3 is 1. The molecule has 2 heterocycles. The van der Waals surface area contributed by atoms with Crippen molar-refractivity contribution in [2.24, 2.45) is 0 Å². The van der Waals surface area contributed by atoms with E-state index in [1.807, 2.05) is 48.5 Å². The summed E-state index contributed by atoms with van der Waals surface area (Å²) in [5, 5.41) is 20.5. The number of ether oxygens (including phenoxy) is 1. The fourth-order valence-corrected chi connectivity index (χ4v) is 3.04. The van der Waals surface area contributed by atoms with Crippen LogP contribution in [0, 0.1) is 0 Å². The molecule has 0 aliphatic heterocycles. The molecule has 9 heteroatoms. The molecule has 0 spiro atoms. The third-order valence-electron chi connectivity index (χ3n) is 4.44. The van der Waals surface area contributed by atoms with E-state index in [1.165, 1.54) is 7.11 Å². The molecule has 2 N–H and O–H groups in total. The van der Waals surface area contributed by atoms with Crippen LogP contribution in [0.3, 0.4) is 0 Å². The number of phenolic OH excluding ortho intramolecular Hbond substituents is 2. The molecule has 0 saturated heterocycles. The van der Waals surface area contributed by atoms with Gasteiger partial charge < -0.3 is 52.2 Å².